The van der Waals surface area contributed by atoms with Crippen LogP contribution in [0.1, 0.15) is 11.1 Å². The van der Waals surface area contributed by atoms with Gasteiger partial charge in [0.25, 0.3) is 0 Å². The highest BCUT2D eigenvalue weighted by molar-refractivity contribution is 7.43. The second kappa shape index (κ2) is 5.57. The third-order valence-electron chi connectivity index (χ3n) is 5.92. The molecule has 0 amide bonds. The van der Waals surface area contributed by atoms with Crippen molar-refractivity contribution in [3.05, 3.63) is 71.8 Å². The first kappa shape index (κ1) is 16.3. The summed E-state index contributed by atoms with van der Waals surface area (Å²) in [6.07, 6.45) is 0. The summed E-state index contributed by atoms with van der Waals surface area (Å²) in [5.41, 5.74) is 2.65. The van der Waals surface area contributed by atoms with Crippen LogP contribution in [-0.4, -0.2) is 0 Å². The van der Waals surface area contributed by atoms with Crippen molar-refractivity contribution in [3.8, 4) is 0 Å². The fourth-order valence-electron chi connectivity index (χ4n) is 4.48. The van der Waals surface area contributed by atoms with E-state index in [0.29, 0.717) is 0 Å². The van der Waals surface area contributed by atoms with Crippen LogP contribution in [0.4, 0.5) is 0 Å². The minimum Gasteiger partial charge on any atom is -0.133 e. The van der Waals surface area contributed by atoms with E-state index < -0.39 is 0 Å². The molecule has 0 aliphatic rings. The van der Waals surface area contributed by atoms with E-state index in [9.17, 15) is 0 Å². The van der Waals surface area contributed by atoms with Gasteiger partial charge in [0.05, 0.1) is 18.8 Å². The summed E-state index contributed by atoms with van der Waals surface area (Å²) < 4.78 is 8.66. The molecule has 0 aliphatic heterocycles. The molecule has 0 radical (unpaired) electrons. The smallest absolute Gasteiger partial charge is 0.0642 e. The van der Waals surface area contributed by atoms with Gasteiger partial charge in [0.15, 0.2) is 0 Å². The summed E-state index contributed by atoms with van der Waals surface area (Å²) in [7, 11) is 0. The largest absolute Gasteiger partial charge is 0.133 e. The minimum absolute atomic E-state index is 1.32. The first-order chi connectivity index (χ1) is 14.1. The molecule has 4 aromatic carbocycles. The number of aryl methyl sites for hydroxylation is 2. The molecule has 3 heteroatoms. The second-order valence-electron chi connectivity index (χ2n) is 8.02. The first-order valence-electron chi connectivity index (χ1n) is 9.76. The van der Waals surface area contributed by atoms with Gasteiger partial charge in [-0.05, 0) is 59.7 Å². The van der Waals surface area contributed by atoms with Crippen molar-refractivity contribution >= 4 is 94.5 Å². The van der Waals surface area contributed by atoms with Crippen LogP contribution in [0.2, 0.25) is 0 Å². The van der Waals surface area contributed by atoms with Gasteiger partial charge in [0.1, 0.15) is 0 Å². The van der Waals surface area contributed by atoms with E-state index in [1.54, 1.807) is 0 Å². The van der Waals surface area contributed by atoms with Gasteiger partial charge in [-0.1, -0.05) is 47.5 Å². The molecule has 0 atom stereocenters. The maximum Gasteiger partial charge on any atom is 0.0642 e. The molecule has 0 saturated carbocycles. The molecule has 0 saturated heterocycles. The number of hydrogen-bond acceptors (Lipinski definition) is 3. The van der Waals surface area contributed by atoms with E-state index >= 15 is 0 Å². The van der Waals surface area contributed by atoms with Crippen LogP contribution in [0, 0.1) is 13.8 Å². The van der Waals surface area contributed by atoms with Gasteiger partial charge in [0, 0.05) is 20.2 Å². The molecular weight excluding hydrogens is 408 g/mol. The van der Waals surface area contributed by atoms with Gasteiger partial charge in [-0.25, -0.2) is 0 Å². The summed E-state index contributed by atoms with van der Waals surface area (Å²) in [5.74, 6) is 0. The zero-order chi connectivity index (χ0) is 19.3. The van der Waals surface area contributed by atoms with Crippen molar-refractivity contribution in [3.63, 3.8) is 0 Å². The lowest BCUT2D eigenvalue weighted by Gasteiger charge is -2.00. The molecule has 7 aromatic rings. The van der Waals surface area contributed by atoms with E-state index in [-0.39, 0.29) is 0 Å². The second-order valence-corrected chi connectivity index (χ2v) is 11.1. The van der Waals surface area contributed by atoms with E-state index in [4.69, 9.17) is 0 Å². The summed E-state index contributed by atoms with van der Waals surface area (Å²) in [4.78, 5) is 0. The number of rotatable bonds is 0. The van der Waals surface area contributed by atoms with Crippen molar-refractivity contribution in [2.75, 3.05) is 0 Å². The van der Waals surface area contributed by atoms with Gasteiger partial charge in [-0.3, -0.25) is 0 Å². The van der Waals surface area contributed by atoms with Gasteiger partial charge >= 0.3 is 0 Å². The molecule has 0 aliphatic carbocycles. The third-order valence-corrected chi connectivity index (χ3v) is 9.91. The van der Waals surface area contributed by atoms with Gasteiger partial charge in [0.2, 0.25) is 0 Å². The van der Waals surface area contributed by atoms with E-state index in [0.717, 1.165) is 0 Å². The summed E-state index contributed by atoms with van der Waals surface area (Å²) in [5, 5.41) is 8.21. The predicted molar refractivity (Wildman–Crippen MR) is 135 cm³/mol. The van der Waals surface area contributed by atoms with Crippen LogP contribution in [0.3, 0.4) is 0 Å². The lowest BCUT2D eigenvalue weighted by atomic mass is 10.1. The lowest BCUT2D eigenvalue weighted by Crippen LogP contribution is -1.75. The summed E-state index contributed by atoms with van der Waals surface area (Å²) in [6.45, 7) is 4.35. The van der Waals surface area contributed by atoms with Crippen LogP contribution in [0.5, 0.6) is 0 Å². The Kier molecular flexibility index (Phi) is 3.14. The average molecular weight is 425 g/mol. The zero-order valence-corrected chi connectivity index (χ0v) is 18.4. The summed E-state index contributed by atoms with van der Waals surface area (Å²) in [6, 6.07) is 23.1. The SMILES string of the molecule is Cc1ccc2cc3sc4c(sc5c6cc7cc(C)ccc7cc6sc54)c3cc2c1. The van der Waals surface area contributed by atoms with Crippen molar-refractivity contribution < 1.29 is 0 Å². The normalized spacial score (nSPS) is 12.5. The van der Waals surface area contributed by atoms with Crippen molar-refractivity contribution in [1.82, 2.24) is 0 Å². The lowest BCUT2D eigenvalue weighted by molar-refractivity contribution is 1.51. The Balaban J connectivity index is 1.61. The fourth-order valence-corrected chi connectivity index (χ4v) is 8.79. The predicted octanol–water partition coefficient (Wildman–Crippen LogP) is 9.41. The Labute approximate surface area is 179 Å². The Morgan fingerprint density at radius 1 is 0.448 bits per heavy atom. The van der Waals surface area contributed by atoms with Crippen molar-refractivity contribution in [2.24, 2.45) is 0 Å². The third kappa shape index (κ3) is 2.24. The highest BCUT2D eigenvalue weighted by Gasteiger charge is 2.17. The van der Waals surface area contributed by atoms with E-state index in [1.807, 2.05) is 34.0 Å². The maximum absolute atomic E-state index is 2.40. The number of fused-ring (bicyclic) bond motifs is 9. The topological polar surface area (TPSA) is 0 Å². The van der Waals surface area contributed by atoms with Crippen LogP contribution in [-0.2, 0) is 0 Å². The van der Waals surface area contributed by atoms with Crippen molar-refractivity contribution in [1.29, 1.82) is 0 Å². The quantitative estimate of drug-likeness (QED) is 0.227. The van der Waals surface area contributed by atoms with Crippen LogP contribution < -0.4 is 0 Å². The Hall–Kier alpha value is -2.46. The highest BCUT2D eigenvalue weighted by atomic mass is 32.1. The Morgan fingerprint density at radius 3 is 1.41 bits per heavy atom. The summed E-state index contributed by atoms with van der Waals surface area (Å²) >= 11 is 5.90. The van der Waals surface area contributed by atoms with Gasteiger partial charge in [-0.2, -0.15) is 0 Å². The molecule has 3 aromatic heterocycles. The average Bonchev–Trinajstić information content (AvgIpc) is 3.33. The minimum atomic E-state index is 1.32. The molecule has 0 N–H and O–H groups in total. The monoisotopic (exact) mass is 424 g/mol. The number of hydrogen-bond donors (Lipinski definition) is 0. The number of benzene rings is 4. The standard InChI is InChI=1S/C26H16S3/c1-13-3-5-15-11-21-19(9-17(15)7-13)23-25(27-21)26-24(29-23)20-10-18-8-14(2)4-6-16(18)12-22(20)28-26/h3-12H,1-2H3. The maximum atomic E-state index is 2.40. The molecule has 0 bridgehead atoms. The molecule has 0 fully saturated rings. The van der Waals surface area contributed by atoms with Gasteiger partial charge in [-0.15, -0.1) is 34.0 Å². The first-order valence-corrected chi connectivity index (χ1v) is 12.2. The van der Waals surface area contributed by atoms with Crippen LogP contribution in [0.25, 0.3) is 60.5 Å². The van der Waals surface area contributed by atoms with E-state index in [1.165, 1.54) is 71.6 Å². The molecule has 0 spiro atoms. The van der Waals surface area contributed by atoms with Crippen LogP contribution in [0.15, 0.2) is 60.7 Å². The van der Waals surface area contributed by atoms with Crippen LogP contribution >= 0.6 is 34.0 Å². The zero-order valence-electron chi connectivity index (χ0n) is 16.0. The van der Waals surface area contributed by atoms with E-state index in [2.05, 4.69) is 74.5 Å². The fraction of sp³-hybridized carbons (Fsp3) is 0.0769. The molecule has 29 heavy (non-hydrogen) atoms. The molecule has 138 valence electrons. The van der Waals surface area contributed by atoms with Crippen molar-refractivity contribution in [2.45, 2.75) is 13.8 Å². The van der Waals surface area contributed by atoms with Gasteiger partial charge < -0.3 is 0 Å². The molecular formula is C26H16S3. The molecule has 7 rings (SSSR count). The molecule has 0 unspecified atom stereocenters. The molecule has 0 nitrogen and oxygen atoms in total. The Morgan fingerprint density at radius 2 is 0.931 bits per heavy atom. The number of thiophene rings is 3. The highest BCUT2D eigenvalue weighted by Crippen LogP contribution is 2.51. The Bertz CT molecular complexity index is 1640. The molecule has 3 heterocycles.